The van der Waals surface area contributed by atoms with Crippen LogP contribution in [0.15, 0.2) is 24.3 Å². The Morgan fingerprint density at radius 3 is 2.53 bits per heavy atom. The Labute approximate surface area is 105 Å². The third-order valence-electron chi connectivity index (χ3n) is 3.07. The highest BCUT2D eigenvalue weighted by atomic mass is 35.5. The summed E-state index contributed by atoms with van der Waals surface area (Å²) in [5.74, 6) is -1.12. The van der Waals surface area contributed by atoms with Gasteiger partial charge in [0.05, 0.1) is 0 Å². The smallest absolute Gasteiger partial charge is 0.324 e. The van der Waals surface area contributed by atoms with Gasteiger partial charge in [-0.05, 0) is 37.1 Å². The number of carbonyl (C=O) groups is 1. The first-order valence-corrected chi connectivity index (χ1v) is 5.35. The molecule has 1 fully saturated rings. The Morgan fingerprint density at radius 1 is 1.41 bits per heavy atom. The third kappa shape index (κ3) is 2.96. The zero-order valence-electron chi connectivity index (χ0n) is 9.28. The number of hydrogen-bond donors (Lipinski definition) is 2. The highest BCUT2D eigenvalue weighted by molar-refractivity contribution is 5.85. The van der Waals surface area contributed by atoms with E-state index in [0.717, 1.165) is 18.5 Å². The van der Waals surface area contributed by atoms with Gasteiger partial charge in [0.15, 0.2) is 0 Å². The standard InChI is InChI=1S/C12H14FNO2.ClH/c13-10-4-2-9(3-5-10)8-12(11(15)16)6-1-7-14-12;/h2-5,14H,1,6-8H2,(H,15,16);1H/t12-;/m0./s1. The molecule has 2 N–H and O–H groups in total. The van der Waals surface area contributed by atoms with E-state index in [1.54, 1.807) is 12.1 Å². The summed E-state index contributed by atoms with van der Waals surface area (Å²) in [4.78, 5) is 11.3. The van der Waals surface area contributed by atoms with Crippen LogP contribution in [0.4, 0.5) is 4.39 Å². The van der Waals surface area contributed by atoms with Gasteiger partial charge in [0.1, 0.15) is 11.4 Å². The molecule has 1 aromatic rings. The van der Waals surface area contributed by atoms with Crippen molar-refractivity contribution in [2.24, 2.45) is 0 Å². The van der Waals surface area contributed by atoms with E-state index in [-0.39, 0.29) is 18.2 Å². The molecule has 0 aliphatic carbocycles. The Kier molecular flexibility index (Phi) is 4.48. The topological polar surface area (TPSA) is 49.3 Å². The fourth-order valence-corrected chi connectivity index (χ4v) is 2.17. The van der Waals surface area contributed by atoms with Crippen molar-refractivity contribution in [1.29, 1.82) is 0 Å². The number of benzene rings is 1. The number of rotatable bonds is 3. The van der Waals surface area contributed by atoms with Crippen molar-refractivity contribution in [1.82, 2.24) is 5.32 Å². The minimum Gasteiger partial charge on any atom is -0.480 e. The van der Waals surface area contributed by atoms with Crippen molar-refractivity contribution in [2.45, 2.75) is 24.8 Å². The van der Waals surface area contributed by atoms with Crippen LogP contribution in [0.1, 0.15) is 18.4 Å². The Balaban J connectivity index is 0.00000144. The van der Waals surface area contributed by atoms with Gasteiger partial charge in [-0.25, -0.2) is 4.39 Å². The number of carboxylic acid groups (broad SMARTS) is 1. The molecule has 0 saturated carbocycles. The summed E-state index contributed by atoms with van der Waals surface area (Å²) in [5, 5.41) is 12.3. The van der Waals surface area contributed by atoms with Crippen LogP contribution in [-0.4, -0.2) is 23.2 Å². The fourth-order valence-electron chi connectivity index (χ4n) is 2.17. The third-order valence-corrected chi connectivity index (χ3v) is 3.07. The van der Waals surface area contributed by atoms with E-state index in [1.165, 1.54) is 12.1 Å². The molecule has 1 aromatic carbocycles. The maximum absolute atomic E-state index is 12.7. The summed E-state index contributed by atoms with van der Waals surface area (Å²) in [6.07, 6.45) is 1.90. The maximum Gasteiger partial charge on any atom is 0.324 e. The van der Waals surface area contributed by atoms with E-state index >= 15 is 0 Å². The molecule has 0 spiro atoms. The molecule has 94 valence electrons. The monoisotopic (exact) mass is 259 g/mol. The van der Waals surface area contributed by atoms with Gasteiger partial charge in [-0.15, -0.1) is 12.4 Å². The highest BCUT2D eigenvalue weighted by Crippen LogP contribution is 2.24. The number of hydrogen-bond acceptors (Lipinski definition) is 2. The average molecular weight is 260 g/mol. The zero-order chi connectivity index (χ0) is 11.6. The van der Waals surface area contributed by atoms with E-state index in [4.69, 9.17) is 0 Å². The molecular weight excluding hydrogens is 245 g/mol. The average Bonchev–Trinajstić information content (AvgIpc) is 2.71. The molecule has 0 radical (unpaired) electrons. The number of nitrogens with one attached hydrogen (secondary N) is 1. The van der Waals surface area contributed by atoms with Crippen LogP contribution in [0.2, 0.25) is 0 Å². The molecule has 1 heterocycles. The van der Waals surface area contributed by atoms with Crippen molar-refractivity contribution >= 4 is 18.4 Å². The van der Waals surface area contributed by atoms with Crippen LogP contribution in [0, 0.1) is 5.82 Å². The van der Waals surface area contributed by atoms with Gasteiger partial charge in [-0.2, -0.15) is 0 Å². The lowest BCUT2D eigenvalue weighted by atomic mass is 9.89. The second-order valence-electron chi connectivity index (χ2n) is 4.22. The molecule has 5 heteroatoms. The molecule has 17 heavy (non-hydrogen) atoms. The van der Waals surface area contributed by atoms with Gasteiger partial charge >= 0.3 is 5.97 Å². The first-order chi connectivity index (χ1) is 7.62. The normalized spacial score (nSPS) is 23.1. The summed E-state index contributed by atoms with van der Waals surface area (Å²) < 4.78 is 12.7. The molecular formula is C12H15ClFNO2. The zero-order valence-corrected chi connectivity index (χ0v) is 10.1. The van der Waals surface area contributed by atoms with E-state index in [1.807, 2.05) is 0 Å². The molecule has 1 aliphatic rings. The lowest BCUT2D eigenvalue weighted by Crippen LogP contribution is -2.49. The minimum absolute atomic E-state index is 0. The predicted octanol–water partition coefficient (Wildman–Crippen LogP) is 2.00. The lowest BCUT2D eigenvalue weighted by Gasteiger charge is -2.24. The van der Waals surface area contributed by atoms with Crippen LogP contribution >= 0.6 is 12.4 Å². The minimum atomic E-state index is -0.863. The second-order valence-corrected chi connectivity index (χ2v) is 4.22. The molecule has 1 atom stereocenters. The van der Waals surface area contributed by atoms with Gasteiger partial charge in [0.25, 0.3) is 0 Å². The van der Waals surface area contributed by atoms with E-state index < -0.39 is 11.5 Å². The Bertz CT molecular complexity index is 388. The van der Waals surface area contributed by atoms with Crippen LogP contribution in [0.25, 0.3) is 0 Å². The van der Waals surface area contributed by atoms with Crippen molar-refractivity contribution in [3.63, 3.8) is 0 Å². The molecule has 2 rings (SSSR count). The molecule has 0 amide bonds. The van der Waals surface area contributed by atoms with Gasteiger partial charge in [-0.1, -0.05) is 12.1 Å². The predicted molar refractivity (Wildman–Crippen MR) is 65.0 cm³/mol. The Hall–Kier alpha value is -1.13. The molecule has 0 aromatic heterocycles. The number of carboxylic acids is 1. The molecule has 3 nitrogen and oxygen atoms in total. The molecule has 1 aliphatic heterocycles. The second kappa shape index (κ2) is 5.47. The van der Waals surface area contributed by atoms with Gasteiger partial charge in [0.2, 0.25) is 0 Å². The Morgan fingerprint density at radius 2 is 2.06 bits per heavy atom. The van der Waals surface area contributed by atoms with Crippen LogP contribution in [0.5, 0.6) is 0 Å². The van der Waals surface area contributed by atoms with E-state index in [9.17, 15) is 14.3 Å². The van der Waals surface area contributed by atoms with E-state index in [0.29, 0.717) is 12.8 Å². The van der Waals surface area contributed by atoms with Crippen molar-refractivity contribution in [3.05, 3.63) is 35.6 Å². The number of halogens is 2. The van der Waals surface area contributed by atoms with Crippen molar-refractivity contribution in [3.8, 4) is 0 Å². The molecule has 0 bridgehead atoms. The largest absolute Gasteiger partial charge is 0.480 e. The van der Waals surface area contributed by atoms with Gasteiger partial charge in [0, 0.05) is 6.42 Å². The number of aliphatic carboxylic acids is 1. The lowest BCUT2D eigenvalue weighted by molar-refractivity contribution is -0.144. The van der Waals surface area contributed by atoms with Crippen molar-refractivity contribution in [2.75, 3.05) is 6.54 Å². The first kappa shape index (κ1) is 13.9. The van der Waals surface area contributed by atoms with Gasteiger partial charge in [-0.3, -0.25) is 4.79 Å². The van der Waals surface area contributed by atoms with Crippen LogP contribution in [-0.2, 0) is 11.2 Å². The summed E-state index contributed by atoms with van der Waals surface area (Å²) >= 11 is 0. The fraction of sp³-hybridized carbons (Fsp3) is 0.417. The van der Waals surface area contributed by atoms with E-state index in [2.05, 4.69) is 5.32 Å². The molecule has 1 saturated heterocycles. The van der Waals surface area contributed by atoms with Gasteiger partial charge < -0.3 is 10.4 Å². The van der Waals surface area contributed by atoms with Crippen molar-refractivity contribution < 1.29 is 14.3 Å². The van der Waals surface area contributed by atoms with Crippen LogP contribution < -0.4 is 5.32 Å². The SMILES string of the molecule is Cl.O=C(O)[C@@]1(Cc2ccc(F)cc2)CCCN1. The van der Waals surface area contributed by atoms with Crippen LogP contribution in [0.3, 0.4) is 0 Å². The summed E-state index contributed by atoms with van der Waals surface area (Å²) in [6, 6.07) is 6.00. The quantitative estimate of drug-likeness (QED) is 0.873. The maximum atomic E-state index is 12.7. The summed E-state index contributed by atoms with van der Waals surface area (Å²) in [7, 11) is 0. The first-order valence-electron chi connectivity index (χ1n) is 5.35. The molecule has 0 unspecified atom stereocenters. The summed E-state index contributed by atoms with van der Waals surface area (Å²) in [6.45, 7) is 0.730. The summed E-state index contributed by atoms with van der Waals surface area (Å²) in [5.41, 5.74) is -0.0177. The highest BCUT2D eigenvalue weighted by Gasteiger charge is 2.40.